The van der Waals surface area contributed by atoms with Crippen molar-refractivity contribution in [2.75, 3.05) is 72.0 Å². The molecule has 0 saturated carbocycles. The van der Waals surface area contributed by atoms with E-state index in [-0.39, 0.29) is 161 Å². The van der Waals surface area contributed by atoms with E-state index in [0.717, 1.165) is 0 Å². The molecule has 1 aliphatic rings. The number of hydrogen-bond acceptors (Lipinski definition) is 10. The van der Waals surface area contributed by atoms with Crippen molar-refractivity contribution in [2.45, 2.75) is 0 Å². The van der Waals surface area contributed by atoms with Crippen molar-refractivity contribution in [3.05, 3.63) is 0 Å². The number of amides is 1. The topological polar surface area (TPSA) is 150 Å². The monoisotopic (exact) mass is 440 g/mol. The van der Waals surface area contributed by atoms with Crippen LogP contribution in [-0.4, -0.2) is 116 Å². The van der Waals surface area contributed by atoms with Crippen molar-refractivity contribution < 1.29 is 123 Å². The van der Waals surface area contributed by atoms with E-state index in [1.165, 1.54) is 4.90 Å². The Bertz CT molecular complexity index is 484. The summed E-state index contributed by atoms with van der Waals surface area (Å²) in [5.41, 5.74) is 0. The van der Waals surface area contributed by atoms with E-state index in [1.54, 1.807) is 14.7 Å². The maximum absolute atomic E-state index is 11.2. The summed E-state index contributed by atoms with van der Waals surface area (Å²) in [6.07, 6.45) is 0.628. The minimum absolute atomic E-state index is 0. The van der Waals surface area contributed by atoms with E-state index < -0.39 is 17.9 Å². The molecule has 11 nitrogen and oxygen atoms in total. The molecule has 0 unspecified atom stereocenters. The minimum atomic E-state index is -1.28. The van der Waals surface area contributed by atoms with Crippen LogP contribution in [0.5, 0.6) is 0 Å². The van der Waals surface area contributed by atoms with Gasteiger partial charge in [-0.1, -0.05) is 0 Å². The van der Waals surface area contributed by atoms with Gasteiger partial charge in [0.15, 0.2) is 0 Å². The fraction of sp³-hybridized carbons (Fsp3) is 0.733. The van der Waals surface area contributed by atoms with Crippen molar-refractivity contribution in [3.8, 4) is 0 Å². The molecule has 0 spiro atoms. The molecule has 1 amide bonds. The van der Waals surface area contributed by atoms with Gasteiger partial charge in [0.2, 0.25) is 6.41 Å². The first-order valence-electron chi connectivity index (χ1n) is 8.26. The third-order valence-corrected chi connectivity index (χ3v) is 4.08. The average molecular weight is 440 g/mol. The van der Waals surface area contributed by atoms with Gasteiger partial charge in [0.1, 0.15) is 0 Å². The summed E-state index contributed by atoms with van der Waals surface area (Å²) in [7, 11) is 0. The molecule has 0 bridgehead atoms. The van der Waals surface area contributed by atoms with E-state index >= 15 is 0 Å². The molecule has 1 rings (SSSR count). The van der Waals surface area contributed by atoms with Crippen molar-refractivity contribution in [1.29, 1.82) is 0 Å². The van der Waals surface area contributed by atoms with Crippen LogP contribution >= 0.6 is 0 Å². The molecule has 1 aliphatic heterocycles. The van der Waals surface area contributed by atoms with Gasteiger partial charge in [-0.2, -0.15) is 0 Å². The number of rotatable bonds is 7. The van der Waals surface area contributed by atoms with E-state index in [4.69, 9.17) is 0 Å². The van der Waals surface area contributed by atoms with Crippen LogP contribution in [0.2, 0.25) is 0 Å². The number of aliphatic carboxylic acids is 3. The van der Waals surface area contributed by atoms with Crippen LogP contribution in [0.25, 0.3) is 0 Å². The number of carboxylic acids is 3. The Morgan fingerprint density at radius 1 is 0.586 bits per heavy atom. The summed E-state index contributed by atoms with van der Waals surface area (Å²) >= 11 is 0. The smallest absolute Gasteiger partial charge is 0.549 e. The number of carboxylic acid groups (broad SMARTS) is 3. The van der Waals surface area contributed by atoms with Crippen molar-refractivity contribution in [3.63, 3.8) is 0 Å². The quantitative estimate of drug-likeness (QED) is 0.276. The van der Waals surface area contributed by atoms with Crippen LogP contribution < -0.4 is 104 Å². The zero-order valence-electron chi connectivity index (χ0n) is 17.5. The molecule has 0 atom stereocenters. The van der Waals surface area contributed by atoms with Crippen LogP contribution in [0.4, 0.5) is 0 Å². The number of carbonyl (C=O) groups is 4. The summed E-state index contributed by atoms with van der Waals surface area (Å²) in [6.45, 7) is 1.07. The molecular weight excluding hydrogens is 417 g/mol. The maximum Gasteiger partial charge on any atom is 1.00 e. The Labute approximate surface area is 236 Å². The van der Waals surface area contributed by atoms with Crippen molar-refractivity contribution in [1.82, 2.24) is 19.6 Å². The summed E-state index contributed by atoms with van der Waals surface area (Å²) in [4.78, 5) is 49.9. The van der Waals surface area contributed by atoms with Gasteiger partial charge in [-0.3, -0.25) is 19.5 Å². The molecule has 0 aliphatic carbocycles. The van der Waals surface area contributed by atoms with Gasteiger partial charge < -0.3 is 34.6 Å². The summed E-state index contributed by atoms with van der Waals surface area (Å²) < 4.78 is 0. The van der Waals surface area contributed by atoms with Gasteiger partial charge in [-0.25, -0.2) is 0 Å². The molecule has 1 heterocycles. The Balaban J connectivity index is -0.00000225. The summed E-state index contributed by atoms with van der Waals surface area (Å²) in [6, 6.07) is 0. The first kappa shape index (κ1) is 34.4. The zero-order valence-corrected chi connectivity index (χ0v) is 23.5. The van der Waals surface area contributed by atoms with Gasteiger partial charge in [0.05, 0.1) is 17.9 Å². The Kier molecular flexibility index (Phi) is 23.0. The summed E-state index contributed by atoms with van der Waals surface area (Å²) in [5.74, 6) is -3.80. The molecule has 29 heavy (non-hydrogen) atoms. The van der Waals surface area contributed by atoms with Gasteiger partial charge in [0, 0.05) is 72.0 Å². The third-order valence-electron chi connectivity index (χ3n) is 4.08. The maximum atomic E-state index is 11.2. The standard InChI is InChI=1S/C15H26N4O7.3Na/c20-12-19-7-5-17(10-14(23)24)3-1-16(9-13(21)22)2-4-18(6-8-19)11-15(25)26;;;/h12H,1-11H2,(H,21,22)(H,23,24)(H,25,26);;;/q;3*+1/p-3. The van der Waals surface area contributed by atoms with Gasteiger partial charge in [0.25, 0.3) is 0 Å². The van der Waals surface area contributed by atoms with Gasteiger partial charge in [-0.15, -0.1) is 0 Å². The zero-order chi connectivity index (χ0) is 19.5. The van der Waals surface area contributed by atoms with E-state index in [1.807, 2.05) is 0 Å². The van der Waals surface area contributed by atoms with Crippen molar-refractivity contribution in [2.24, 2.45) is 0 Å². The number of hydrogen-bond donors (Lipinski definition) is 0. The fourth-order valence-electron chi connectivity index (χ4n) is 2.68. The molecule has 0 aromatic heterocycles. The second-order valence-corrected chi connectivity index (χ2v) is 6.09. The summed E-state index contributed by atoms with van der Waals surface area (Å²) in [5, 5.41) is 32.7. The predicted octanol–water partition coefficient (Wildman–Crippen LogP) is -15.4. The Morgan fingerprint density at radius 2 is 0.828 bits per heavy atom. The minimum Gasteiger partial charge on any atom is -0.549 e. The largest absolute Gasteiger partial charge is 1.00 e. The first-order valence-corrected chi connectivity index (χ1v) is 8.26. The number of nitrogens with zero attached hydrogens (tertiary/aromatic N) is 4. The van der Waals surface area contributed by atoms with Gasteiger partial charge in [-0.05, 0) is 0 Å². The molecule has 1 saturated heterocycles. The van der Waals surface area contributed by atoms with Crippen molar-refractivity contribution >= 4 is 24.3 Å². The van der Waals surface area contributed by atoms with E-state index in [0.29, 0.717) is 6.41 Å². The molecule has 0 N–H and O–H groups in total. The molecule has 0 radical (unpaired) electrons. The van der Waals surface area contributed by atoms with Crippen LogP contribution in [0, 0.1) is 0 Å². The molecule has 148 valence electrons. The normalized spacial score (nSPS) is 17.3. The molecule has 0 aromatic rings. The van der Waals surface area contributed by atoms with E-state index in [2.05, 4.69) is 0 Å². The van der Waals surface area contributed by atoms with Gasteiger partial charge >= 0.3 is 88.7 Å². The fourth-order valence-corrected chi connectivity index (χ4v) is 2.68. The molecule has 0 aromatic carbocycles. The van der Waals surface area contributed by atoms with Crippen LogP contribution in [0.15, 0.2) is 0 Å². The van der Waals surface area contributed by atoms with Crippen LogP contribution in [0.3, 0.4) is 0 Å². The number of carbonyl (C=O) groups excluding carboxylic acids is 4. The molecular formula is C15H23N4Na3O7. The average Bonchev–Trinajstić information content (AvgIpc) is 2.53. The molecule has 14 heteroatoms. The van der Waals surface area contributed by atoms with Crippen LogP contribution in [0.1, 0.15) is 0 Å². The Morgan fingerprint density at radius 3 is 1.03 bits per heavy atom. The van der Waals surface area contributed by atoms with E-state index in [9.17, 15) is 34.5 Å². The first-order chi connectivity index (χ1) is 12.3. The predicted molar refractivity (Wildman–Crippen MR) is 82.0 cm³/mol. The SMILES string of the molecule is O=CN1CCN(CC(=O)[O-])CCN(CC(=O)[O-])CCN(CC(=O)[O-])CC1.[Na+].[Na+].[Na+]. The third kappa shape index (κ3) is 17.0. The Hall–Kier alpha value is 0.760. The van der Waals surface area contributed by atoms with Crippen LogP contribution in [-0.2, 0) is 19.2 Å². The molecule has 1 fully saturated rings. The second-order valence-electron chi connectivity index (χ2n) is 6.09. The second kappa shape index (κ2) is 19.4.